The Morgan fingerprint density at radius 1 is 1.47 bits per heavy atom. The fourth-order valence-electron chi connectivity index (χ4n) is 1.79. The first kappa shape index (κ1) is 10.6. The van der Waals surface area contributed by atoms with Crippen LogP contribution in [0.25, 0.3) is 0 Å². The minimum atomic E-state index is -2.76. The topological polar surface area (TPSA) is 46.2 Å². The van der Waals surface area contributed by atoms with E-state index in [1.54, 1.807) is 0 Å². The van der Waals surface area contributed by atoms with E-state index in [4.69, 9.17) is 17.3 Å². The van der Waals surface area contributed by atoms with Crippen LogP contribution in [0.15, 0.2) is 18.2 Å². The van der Waals surface area contributed by atoms with Crippen LogP contribution in [0.3, 0.4) is 0 Å². The van der Waals surface area contributed by atoms with E-state index in [0.29, 0.717) is 5.56 Å². The Balaban J connectivity index is 2.42. The third-order valence-electron chi connectivity index (χ3n) is 2.95. The molecule has 1 aromatic carbocycles. The molecule has 5 heteroatoms. The van der Waals surface area contributed by atoms with Crippen LogP contribution in [0.2, 0.25) is 5.02 Å². The maximum Gasteiger partial charge on any atom is 0.260 e. The standard InChI is InChI=1S/C10H10ClF2NO/c11-7-3-6(1-2-8(7)15)9(5-14)4-10(9,12)13/h1-3,15H,4-5,14H2. The summed E-state index contributed by atoms with van der Waals surface area (Å²) in [5.41, 5.74) is 4.48. The highest BCUT2D eigenvalue weighted by molar-refractivity contribution is 6.32. The van der Waals surface area contributed by atoms with Gasteiger partial charge in [-0.05, 0) is 17.7 Å². The molecule has 1 fully saturated rings. The molecule has 0 heterocycles. The van der Waals surface area contributed by atoms with Crippen LogP contribution >= 0.6 is 11.6 Å². The van der Waals surface area contributed by atoms with Crippen molar-refractivity contribution in [1.82, 2.24) is 0 Å². The summed E-state index contributed by atoms with van der Waals surface area (Å²) in [6.45, 7) is -0.124. The van der Waals surface area contributed by atoms with E-state index >= 15 is 0 Å². The van der Waals surface area contributed by atoms with Gasteiger partial charge in [-0.3, -0.25) is 0 Å². The molecule has 15 heavy (non-hydrogen) atoms. The van der Waals surface area contributed by atoms with Crippen molar-refractivity contribution < 1.29 is 13.9 Å². The lowest BCUT2D eigenvalue weighted by atomic mass is 9.95. The summed E-state index contributed by atoms with van der Waals surface area (Å²) in [6.07, 6.45) is -0.252. The van der Waals surface area contributed by atoms with Crippen LogP contribution in [0.5, 0.6) is 5.75 Å². The van der Waals surface area contributed by atoms with E-state index < -0.39 is 11.3 Å². The van der Waals surface area contributed by atoms with Crippen molar-refractivity contribution in [1.29, 1.82) is 0 Å². The summed E-state index contributed by atoms with van der Waals surface area (Å²) in [5, 5.41) is 9.25. The fraction of sp³-hybridized carbons (Fsp3) is 0.400. The number of alkyl halides is 2. The summed E-state index contributed by atoms with van der Waals surface area (Å²) in [6, 6.07) is 4.10. The number of hydrogen-bond acceptors (Lipinski definition) is 2. The summed E-state index contributed by atoms with van der Waals surface area (Å²) in [5.74, 6) is -2.88. The van der Waals surface area contributed by atoms with Crippen molar-refractivity contribution in [2.75, 3.05) is 6.54 Å². The van der Waals surface area contributed by atoms with Gasteiger partial charge in [0.2, 0.25) is 0 Å². The summed E-state index contributed by atoms with van der Waals surface area (Å²) in [4.78, 5) is 0. The molecule has 1 unspecified atom stereocenters. The Hall–Kier alpha value is -0.870. The first-order valence-corrected chi connectivity index (χ1v) is 4.88. The van der Waals surface area contributed by atoms with Crippen molar-refractivity contribution in [2.45, 2.75) is 17.8 Å². The minimum absolute atomic E-state index is 0.0722. The molecule has 1 aliphatic rings. The third kappa shape index (κ3) is 1.40. The van der Waals surface area contributed by atoms with Gasteiger partial charge >= 0.3 is 0 Å². The van der Waals surface area contributed by atoms with E-state index in [0.717, 1.165) is 0 Å². The largest absolute Gasteiger partial charge is 0.506 e. The van der Waals surface area contributed by atoms with E-state index in [1.165, 1.54) is 18.2 Å². The number of benzene rings is 1. The number of hydrogen-bond donors (Lipinski definition) is 2. The third-order valence-corrected chi connectivity index (χ3v) is 3.25. The number of aromatic hydroxyl groups is 1. The Morgan fingerprint density at radius 2 is 2.07 bits per heavy atom. The maximum atomic E-state index is 13.2. The minimum Gasteiger partial charge on any atom is -0.506 e. The highest BCUT2D eigenvalue weighted by Crippen LogP contribution is 2.61. The zero-order valence-electron chi connectivity index (χ0n) is 7.80. The van der Waals surface area contributed by atoms with E-state index in [2.05, 4.69) is 0 Å². The van der Waals surface area contributed by atoms with Crippen molar-refractivity contribution in [2.24, 2.45) is 5.73 Å². The Kier molecular flexibility index (Phi) is 2.17. The quantitative estimate of drug-likeness (QED) is 0.823. The van der Waals surface area contributed by atoms with Gasteiger partial charge in [0.15, 0.2) is 0 Å². The number of phenols is 1. The molecule has 3 N–H and O–H groups in total. The summed E-state index contributed by atoms with van der Waals surface area (Å²) >= 11 is 5.66. The SMILES string of the molecule is NCC1(c2ccc(O)c(Cl)c2)CC1(F)F. The van der Waals surface area contributed by atoms with Crippen LogP contribution in [-0.4, -0.2) is 17.6 Å². The second kappa shape index (κ2) is 3.06. The van der Waals surface area contributed by atoms with Gasteiger partial charge in [-0.1, -0.05) is 17.7 Å². The number of nitrogens with two attached hydrogens (primary N) is 1. The molecule has 2 rings (SSSR count). The molecular weight excluding hydrogens is 224 g/mol. The molecule has 1 aliphatic carbocycles. The molecule has 1 atom stereocenters. The zero-order chi connectivity index (χ0) is 11.3. The second-order valence-corrected chi connectivity index (χ2v) is 4.24. The van der Waals surface area contributed by atoms with Crippen molar-refractivity contribution >= 4 is 11.6 Å². The van der Waals surface area contributed by atoms with Gasteiger partial charge < -0.3 is 10.8 Å². The Morgan fingerprint density at radius 3 is 2.47 bits per heavy atom. The molecule has 2 nitrogen and oxygen atoms in total. The molecule has 1 aromatic rings. The van der Waals surface area contributed by atoms with Crippen molar-refractivity contribution in [3.8, 4) is 5.75 Å². The molecular formula is C10H10ClF2NO. The first-order valence-electron chi connectivity index (χ1n) is 4.50. The van der Waals surface area contributed by atoms with E-state index in [1.807, 2.05) is 0 Å². The van der Waals surface area contributed by atoms with Crippen molar-refractivity contribution in [3.05, 3.63) is 28.8 Å². The highest BCUT2D eigenvalue weighted by Gasteiger charge is 2.71. The maximum absolute atomic E-state index is 13.2. The Bertz CT molecular complexity index is 410. The highest BCUT2D eigenvalue weighted by atomic mass is 35.5. The molecule has 0 aromatic heterocycles. The predicted octanol–water partition coefficient (Wildman–Crippen LogP) is 2.28. The van der Waals surface area contributed by atoms with Gasteiger partial charge in [0.1, 0.15) is 5.75 Å². The normalized spacial score (nSPS) is 27.7. The molecule has 0 aliphatic heterocycles. The molecule has 0 saturated heterocycles. The molecule has 1 saturated carbocycles. The molecule has 0 radical (unpaired) electrons. The van der Waals surface area contributed by atoms with Crippen LogP contribution in [0.1, 0.15) is 12.0 Å². The van der Waals surface area contributed by atoms with Gasteiger partial charge in [-0.25, -0.2) is 8.78 Å². The average molecular weight is 234 g/mol. The van der Waals surface area contributed by atoms with Gasteiger partial charge in [-0.15, -0.1) is 0 Å². The van der Waals surface area contributed by atoms with Gasteiger partial charge in [0.25, 0.3) is 5.92 Å². The lowest BCUT2D eigenvalue weighted by Crippen LogP contribution is -2.26. The number of rotatable bonds is 2. The van der Waals surface area contributed by atoms with Crippen LogP contribution in [0.4, 0.5) is 8.78 Å². The number of halogens is 3. The van der Waals surface area contributed by atoms with Crippen LogP contribution < -0.4 is 5.73 Å². The summed E-state index contributed by atoms with van der Waals surface area (Å²) < 4.78 is 26.4. The molecule has 0 spiro atoms. The molecule has 82 valence electrons. The van der Waals surface area contributed by atoms with E-state index in [-0.39, 0.29) is 23.7 Å². The first-order chi connectivity index (χ1) is 6.93. The van der Waals surface area contributed by atoms with Gasteiger partial charge in [0.05, 0.1) is 10.4 Å². The van der Waals surface area contributed by atoms with Gasteiger partial charge in [0, 0.05) is 13.0 Å². The smallest absolute Gasteiger partial charge is 0.260 e. The van der Waals surface area contributed by atoms with Crippen LogP contribution in [0, 0.1) is 0 Å². The second-order valence-electron chi connectivity index (χ2n) is 3.83. The molecule has 0 amide bonds. The van der Waals surface area contributed by atoms with Crippen molar-refractivity contribution in [3.63, 3.8) is 0 Å². The number of phenolic OH excluding ortho intramolecular Hbond substituents is 1. The summed E-state index contributed by atoms with van der Waals surface area (Å²) in [7, 11) is 0. The average Bonchev–Trinajstić information content (AvgIpc) is 2.75. The lowest BCUT2D eigenvalue weighted by molar-refractivity contribution is 0.0896. The fourth-order valence-corrected chi connectivity index (χ4v) is 1.97. The Labute approximate surface area is 90.7 Å². The lowest BCUT2D eigenvalue weighted by Gasteiger charge is -2.14. The predicted molar refractivity (Wildman–Crippen MR) is 53.4 cm³/mol. The zero-order valence-corrected chi connectivity index (χ0v) is 8.56. The van der Waals surface area contributed by atoms with E-state index in [9.17, 15) is 13.9 Å². The molecule has 0 bridgehead atoms. The van der Waals surface area contributed by atoms with Crippen LogP contribution in [-0.2, 0) is 5.41 Å². The van der Waals surface area contributed by atoms with Gasteiger partial charge in [-0.2, -0.15) is 0 Å². The monoisotopic (exact) mass is 233 g/mol.